The van der Waals surface area contributed by atoms with Crippen molar-refractivity contribution >= 4 is 32.8 Å². The molecule has 1 heterocycles. The lowest BCUT2D eigenvalue weighted by Crippen LogP contribution is -2.24. The molecule has 100 valence electrons. The number of esters is 1. The van der Waals surface area contributed by atoms with Gasteiger partial charge in [0.25, 0.3) is 0 Å². The highest BCUT2D eigenvalue weighted by Gasteiger charge is 2.16. The molecule has 3 nitrogen and oxygen atoms in total. The van der Waals surface area contributed by atoms with Crippen LogP contribution in [0, 0.1) is 0 Å². The molecule has 4 heteroatoms. The quantitative estimate of drug-likeness (QED) is 0.788. The van der Waals surface area contributed by atoms with Crippen LogP contribution < -0.4 is 0 Å². The predicted molar refractivity (Wildman–Crippen MR) is 79.0 cm³/mol. The summed E-state index contributed by atoms with van der Waals surface area (Å²) in [6.07, 6.45) is 1.97. The van der Waals surface area contributed by atoms with Crippen molar-refractivity contribution in [1.29, 1.82) is 0 Å². The molecule has 0 amide bonds. The zero-order valence-corrected chi connectivity index (χ0v) is 12.8. The lowest BCUT2D eigenvalue weighted by Gasteiger charge is -2.19. The molecule has 0 bridgehead atoms. The first-order chi connectivity index (χ1) is 8.83. The zero-order chi connectivity index (χ0) is 14.0. The Morgan fingerprint density at radius 3 is 2.74 bits per heavy atom. The summed E-state index contributed by atoms with van der Waals surface area (Å²) in [5, 5.41) is 1.01. The molecule has 0 spiro atoms. The van der Waals surface area contributed by atoms with E-state index in [0.717, 1.165) is 20.9 Å². The summed E-state index contributed by atoms with van der Waals surface area (Å²) in [5.41, 5.74) is 1.32. The number of ether oxygens (including phenoxy) is 1. The Kier molecular flexibility index (Phi) is 3.90. The van der Waals surface area contributed by atoms with Gasteiger partial charge >= 0.3 is 5.97 Å². The van der Waals surface area contributed by atoms with E-state index in [1.807, 2.05) is 45.0 Å². The number of hydrogen-bond acceptors (Lipinski definition) is 3. The smallest absolute Gasteiger partial charge is 0.310 e. The third-order valence-corrected chi connectivity index (χ3v) is 2.96. The lowest BCUT2D eigenvalue weighted by molar-refractivity contribution is -0.153. The molecule has 2 rings (SSSR count). The van der Waals surface area contributed by atoms with Crippen LogP contribution in [0.3, 0.4) is 0 Å². The maximum absolute atomic E-state index is 11.8. The average Bonchev–Trinajstić information content (AvgIpc) is 2.25. The fraction of sp³-hybridized carbons (Fsp3) is 0.333. The molecule has 0 atom stereocenters. The van der Waals surface area contributed by atoms with Crippen LogP contribution in [-0.4, -0.2) is 16.6 Å². The molecule has 2 aromatic rings. The van der Waals surface area contributed by atoms with E-state index in [1.54, 1.807) is 6.20 Å². The van der Waals surface area contributed by atoms with Crippen LogP contribution in [0.4, 0.5) is 0 Å². The van der Waals surface area contributed by atoms with Gasteiger partial charge in [-0.2, -0.15) is 0 Å². The lowest BCUT2D eigenvalue weighted by atomic mass is 10.1. The van der Waals surface area contributed by atoms with E-state index < -0.39 is 5.60 Å². The summed E-state index contributed by atoms with van der Waals surface area (Å²) in [4.78, 5) is 16.1. The van der Waals surface area contributed by atoms with Crippen molar-refractivity contribution in [2.75, 3.05) is 0 Å². The minimum atomic E-state index is -0.454. The molecule has 0 aliphatic carbocycles. The van der Waals surface area contributed by atoms with Crippen molar-refractivity contribution in [3.8, 4) is 0 Å². The van der Waals surface area contributed by atoms with Crippen LogP contribution in [-0.2, 0) is 16.0 Å². The third-order valence-electron chi connectivity index (χ3n) is 2.47. The van der Waals surface area contributed by atoms with Crippen LogP contribution in [0.25, 0.3) is 10.9 Å². The number of halogens is 1. The molecule has 0 fully saturated rings. The zero-order valence-electron chi connectivity index (χ0n) is 11.2. The Morgan fingerprint density at radius 1 is 1.32 bits per heavy atom. The Bertz CT molecular complexity index is 617. The first kappa shape index (κ1) is 14.0. The molecule has 1 aromatic heterocycles. The Morgan fingerprint density at radius 2 is 2.05 bits per heavy atom. The fourth-order valence-corrected chi connectivity index (χ4v) is 2.17. The van der Waals surface area contributed by atoms with Gasteiger partial charge in [-0.3, -0.25) is 9.78 Å². The van der Waals surface area contributed by atoms with Gasteiger partial charge in [0.05, 0.1) is 11.9 Å². The Hall–Kier alpha value is -1.42. The van der Waals surface area contributed by atoms with Crippen molar-refractivity contribution < 1.29 is 9.53 Å². The molecular weight excluding hydrogens is 306 g/mol. The third kappa shape index (κ3) is 4.03. The summed E-state index contributed by atoms with van der Waals surface area (Å²) in [5.74, 6) is -0.233. The summed E-state index contributed by atoms with van der Waals surface area (Å²) in [6.45, 7) is 5.59. The van der Waals surface area contributed by atoms with Gasteiger partial charge in [-0.05, 0) is 50.6 Å². The number of nitrogens with zero attached hydrogens (tertiary/aromatic N) is 1. The molecule has 0 saturated heterocycles. The average molecular weight is 322 g/mol. The summed E-state index contributed by atoms with van der Waals surface area (Å²) in [6, 6.07) is 7.84. The summed E-state index contributed by atoms with van der Waals surface area (Å²) >= 11 is 3.43. The van der Waals surface area contributed by atoms with Gasteiger partial charge in [0.15, 0.2) is 0 Å². The van der Waals surface area contributed by atoms with Crippen LogP contribution in [0.2, 0.25) is 0 Å². The molecule has 0 N–H and O–H groups in total. The van der Waals surface area contributed by atoms with Gasteiger partial charge in [-0.25, -0.2) is 0 Å². The van der Waals surface area contributed by atoms with Gasteiger partial charge in [-0.1, -0.05) is 15.9 Å². The Balaban J connectivity index is 2.19. The highest BCUT2D eigenvalue weighted by molar-refractivity contribution is 9.10. The van der Waals surface area contributed by atoms with Crippen LogP contribution >= 0.6 is 15.9 Å². The van der Waals surface area contributed by atoms with Gasteiger partial charge in [-0.15, -0.1) is 0 Å². The summed E-state index contributed by atoms with van der Waals surface area (Å²) < 4.78 is 6.30. The molecular formula is C15H16BrNO2. The molecule has 0 aliphatic rings. The minimum absolute atomic E-state index is 0.233. The monoisotopic (exact) mass is 321 g/mol. The van der Waals surface area contributed by atoms with E-state index in [9.17, 15) is 4.79 Å². The highest BCUT2D eigenvalue weighted by atomic mass is 79.9. The first-order valence-corrected chi connectivity index (χ1v) is 6.89. The number of benzene rings is 1. The van der Waals surface area contributed by atoms with Crippen LogP contribution in [0.15, 0.2) is 34.9 Å². The minimum Gasteiger partial charge on any atom is -0.460 e. The number of rotatable bonds is 2. The molecule has 0 radical (unpaired) electrons. The van der Waals surface area contributed by atoms with Crippen molar-refractivity contribution in [2.45, 2.75) is 32.8 Å². The maximum Gasteiger partial charge on any atom is 0.310 e. The Labute approximate surface area is 121 Å². The van der Waals surface area contributed by atoms with Crippen LogP contribution in [0.5, 0.6) is 0 Å². The first-order valence-electron chi connectivity index (χ1n) is 6.09. The summed E-state index contributed by atoms with van der Waals surface area (Å²) in [7, 11) is 0. The molecule has 1 aromatic carbocycles. The SMILES string of the molecule is CC(C)(C)OC(=O)Cc1cnc2ccc(Br)cc2c1. The predicted octanol–water partition coefficient (Wildman–Crippen LogP) is 3.88. The van der Waals surface area contributed by atoms with E-state index in [-0.39, 0.29) is 12.4 Å². The van der Waals surface area contributed by atoms with Crippen molar-refractivity contribution in [3.05, 3.63) is 40.5 Å². The molecule has 0 unspecified atom stereocenters. The number of pyridine rings is 1. The van der Waals surface area contributed by atoms with Gasteiger partial charge in [0.2, 0.25) is 0 Å². The second kappa shape index (κ2) is 5.29. The second-order valence-electron chi connectivity index (χ2n) is 5.44. The number of aromatic nitrogens is 1. The maximum atomic E-state index is 11.8. The van der Waals surface area contributed by atoms with Crippen molar-refractivity contribution in [1.82, 2.24) is 4.98 Å². The highest BCUT2D eigenvalue weighted by Crippen LogP contribution is 2.19. The normalized spacial score (nSPS) is 11.6. The number of hydrogen-bond donors (Lipinski definition) is 0. The van der Waals surface area contributed by atoms with Crippen molar-refractivity contribution in [3.63, 3.8) is 0 Å². The molecule has 19 heavy (non-hydrogen) atoms. The second-order valence-corrected chi connectivity index (χ2v) is 6.36. The number of fused-ring (bicyclic) bond motifs is 1. The van der Waals surface area contributed by atoms with E-state index in [2.05, 4.69) is 20.9 Å². The van der Waals surface area contributed by atoms with Gasteiger partial charge in [0.1, 0.15) is 5.60 Å². The van der Waals surface area contributed by atoms with Gasteiger partial charge < -0.3 is 4.74 Å². The standard InChI is InChI=1S/C15H16BrNO2/c1-15(2,3)19-14(18)7-10-6-11-8-12(16)4-5-13(11)17-9-10/h4-6,8-9H,7H2,1-3H3. The number of carbonyl (C=O) groups excluding carboxylic acids is 1. The van der Waals surface area contributed by atoms with Gasteiger partial charge in [0, 0.05) is 16.1 Å². The van der Waals surface area contributed by atoms with E-state index in [1.165, 1.54) is 0 Å². The van der Waals surface area contributed by atoms with Crippen molar-refractivity contribution in [2.24, 2.45) is 0 Å². The topological polar surface area (TPSA) is 39.2 Å². The van der Waals surface area contributed by atoms with E-state index in [0.29, 0.717) is 0 Å². The largest absolute Gasteiger partial charge is 0.460 e. The molecule has 0 saturated carbocycles. The van der Waals surface area contributed by atoms with E-state index in [4.69, 9.17) is 4.74 Å². The fourth-order valence-electron chi connectivity index (χ4n) is 1.79. The number of carbonyl (C=O) groups is 1. The van der Waals surface area contributed by atoms with E-state index >= 15 is 0 Å². The molecule has 0 aliphatic heterocycles. The van der Waals surface area contributed by atoms with Crippen LogP contribution in [0.1, 0.15) is 26.3 Å².